The predicted molar refractivity (Wildman–Crippen MR) is 112 cm³/mol. The highest BCUT2D eigenvalue weighted by molar-refractivity contribution is 7.07. The Bertz CT molecular complexity index is 1190. The van der Waals surface area contributed by atoms with Gasteiger partial charge in [0.15, 0.2) is 5.78 Å². The average Bonchev–Trinajstić information content (AvgIpc) is 2.88. The number of thiazole rings is 1. The molecule has 0 bridgehead atoms. The highest BCUT2D eigenvalue weighted by atomic mass is 32.1. The van der Waals surface area contributed by atoms with Gasteiger partial charge in [-0.2, -0.15) is 0 Å². The van der Waals surface area contributed by atoms with Crippen molar-refractivity contribution in [2.24, 2.45) is 12.5 Å². The van der Waals surface area contributed by atoms with Gasteiger partial charge in [0, 0.05) is 18.5 Å². The van der Waals surface area contributed by atoms with Crippen molar-refractivity contribution in [3.63, 3.8) is 0 Å². The number of carbonyl (C=O) groups is 1. The van der Waals surface area contributed by atoms with Gasteiger partial charge in [0.2, 0.25) is 0 Å². The maximum absolute atomic E-state index is 12.6. The van der Waals surface area contributed by atoms with Crippen molar-refractivity contribution in [2.75, 3.05) is 7.11 Å². The quantitative estimate of drug-likeness (QED) is 0.701. The molecule has 2 aromatic carbocycles. The fraction of sp³-hybridized carbons (Fsp3) is 0.273. The molecular formula is C22H23NO3S. The Morgan fingerprint density at radius 2 is 1.78 bits per heavy atom. The first-order valence-corrected chi connectivity index (χ1v) is 9.52. The molecule has 0 aliphatic heterocycles. The minimum absolute atomic E-state index is 0.00514. The van der Waals surface area contributed by atoms with Gasteiger partial charge in [-0.15, -0.1) is 11.3 Å². The molecule has 0 saturated carbocycles. The van der Waals surface area contributed by atoms with Crippen molar-refractivity contribution in [1.82, 2.24) is 4.57 Å². The normalized spacial score (nSPS) is 13.4. The summed E-state index contributed by atoms with van der Waals surface area (Å²) in [5, 5.41) is 2.16. The number of ketones is 1. The minimum Gasteiger partial charge on any atom is -0.497 e. The van der Waals surface area contributed by atoms with Crippen LogP contribution in [0.4, 0.5) is 0 Å². The SMILES string of the molecule is COc1ccc2cc(C=c3sc(=CC(=O)C(C)(C)C)n(C)c3=O)ccc2c1. The Morgan fingerprint density at radius 3 is 2.44 bits per heavy atom. The highest BCUT2D eigenvalue weighted by Crippen LogP contribution is 2.22. The summed E-state index contributed by atoms with van der Waals surface area (Å²) in [7, 11) is 3.35. The molecule has 0 atom stereocenters. The summed E-state index contributed by atoms with van der Waals surface area (Å²) >= 11 is 1.34. The van der Waals surface area contributed by atoms with Crippen molar-refractivity contribution < 1.29 is 9.53 Å². The zero-order chi connectivity index (χ0) is 19.8. The van der Waals surface area contributed by atoms with E-state index in [0.29, 0.717) is 9.20 Å². The van der Waals surface area contributed by atoms with Crippen LogP contribution in [0.25, 0.3) is 22.9 Å². The number of carbonyl (C=O) groups excluding carboxylic acids is 1. The lowest BCUT2D eigenvalue weighted by molar-refractivity contribution is -0.120. The van der Waals surface area contributed by atoms with E-state index in [0.717, 1.165) is 22.1 Å². The van der Waals surface area contributed by atoms with Gasteiger partial charge < -0.3 is 9.30 Å². The van der Waals surface area contributed by atoms with E-state index < -0.39 is 5.41 Å². The molecule has 1 aromatic heterocycles. The third-order valence-corrected chi connectivity index (χ3v) is 5.54. The minimum atomic E-state index is -0.469. The molecule has 0 radical (unpaired) electrons. The van der Waals surface area contributed by atoms with E-state index in [1.165, 1.54) is 15.9 Å². The Balaban J connectivity index is 2.09. The summed E-state index contributed by atoms with van der Waals surface area (Å²) in [6.45, 7) is 5.61. The topological polar surface area (TPSA) is 48.3 Å². The summed E-state index contributed by atoms with van der Waals surface area (Å²) in [4.78, 5) is 24.8. The summed E-state index contributed by atoms with van der Waals surface area (Å²) in [6.07, 6.45) is 3.44. The van der Waals surface area contributed by atoms with Gasteiger partial charge in [-0.25, -0.2) is 0 Å². The van der Waals surface area contributed by atoms with E-state index in [-0.39, 0.29) is 11.3 Å². The fourth-order valence-electron chi connectivity index (χ4n) is 2.65. The van der Waals surface area contributed by atoms with Crippen LogP contribution >= 0.6 is 11.3 Å². The number of nitrogens with zero attached hydrogens (tertiary/aromatic N) is 1. The Kier molecular flexibility index (Phi) is 5.07. The monoisotopic (exact) mass is 381 g/mol. The second-order valence-corrected chi connectivity index (χ2v) is 8.61. The molecule has 140 valence electrons. The molecule has 0 amide bonds. The van der Waals surface area contributed by atoms with Gasteiger partial charge >= 0.3 is 0 Å². The second kappa shape index (κ2) is 7.16. The van der Waals surface area contributed by atoms with Crippen molar-refractivity contribution in [2.45, 2.75) is 20.8 Å². The number of rotatable bonds is 3. The molecule has 27 heavy (non-hydrogen) atoms. The van der Waals surface area contributed by atoms with Crippen LogP contribution in [-0.2, 0) is 11.8 Å². The molecule has 5 heteroatoms. The molecule has 0 aliphatic carbocycles. The Labute approximate surface area is 162 Å². The summed E-state index contributed by atoms with van der Waals surface area (Å²) in [5.41, 5.74) is 0.381. The Hall–Kier alpha value is -2.66. The van der Waals surface area contributed by atoms with E-state index >= 15 is 0 Å². The molecule has 1 heterocycles. The molecule has 3 rings (SSSR count). The van der Waals surface area contributed by atoms with Crippen LogP contribution < -0.4 is 19.5 Å². The first-order valence-electron chi connectivity index (χ1n) is 8.70. The van der Waals surface area contributed by atoms with Crippen LogP contribution in [-0.4, -0.2) is 17.5 Å². The zero-order valence-electron chi connectivity index (χ0n) is 16.2. The Morgan fingerprint density at radius 1 is 1.11 bits per heavy atom. The fourth-order valence-corrected chi connectivity index (χ4v) is 3.68. The van der Waals surface area contributed by atoms with Gasteiger partial charge in [0.25, 0.3) is 5.56 Å². The van der Waals surface area contributed by atoms with Gasteiger partial charge in [0.1, 0.15) is 10.4 Å². The van der Waals surface area contributed by atoms with Crippen LogP contribution in [0, 0.1) is 5.41 Å². The zero-order valence-corrected chi connectivity index (χ0v) is 17.0. The van der Waals surface area contributed by atoms with Crippen molar-refractivity contribution in [3.8, 4) is 5.75 Å². The number of hydrogen-bond acceptors (Lipinski definition) is 4. The largest absolute Gasteiger partial charge is 0.497 e. The van der Waals surface area contributed by atoms with Gasteiger partial charge in [0.05, 0.1) is 11.6 Å². The van der Waals surface area contributed by atoms with Crippen LogP contribution in [0.2, 0.25) is 0 Å². The number of fused-ring (bicyclic) bond motifs is 1. The van der Waals surface area contributed by atoms with Crippen molar-refractivity contribution in [3.05, 3.63) is 61.5 Å². The van der Waals surface area contributed by atoms with Crippen LogP contribution in [0.5, 0.6) is 5.75 Å². The second-order valence-electron chi connectivity index (χ2n) is 7.54. The molecule has 0 saturated heterocycles. The maximum Gasteiger partial charge on any atom is 0.268 e. The van der Waals surface area contributed by atoms with Crippen LogP contribution in [0.15, 0.2) is 41.2 Å². The predicted octanol–water partition coefficient (Wildman–Crippen LogP) is 2.83. The number of ether oxygens (including phenoxy) is 1. The van der Waals surface area contributed by atoms with Crippen LogP contribution in [0.3, 0.4) is 0 Å². The standard InChI is InChI=1S/C22H23NO3S/c1-22(2,3)19(24)13-20-23(4)21(25)18(27-20)11-14-6-7-16-12-17(26-5)9-8-15(16)10-14/h6-13H,1-5H3. The maximum atomic E-state index is 12.6. The number of Topliss-reactive ketones (excluding diaryl/α,β-unsaturated/α-hetero) is 1. The smallest absolute Gasteiger partial charge is 0.268 e. The molecule has 0 aliphatic rings. The number of methoxy groups -OCH3 is 1. The molecule has 0 spiro atoms. The lowest BCUT2D eigenvalue weighted by Crippen LogP contribution is -2.30. The molecule has 0 fully saturated rings. The first-order chi connectivity index (χ1) is 12.7. The van der Waals surface area contributed by atoms with Crippen molar-refractivity contribution in [1.29, 1.82) is 0 Å². The van der Waals surface area contributed by atoms with E-state index in [1.54, 1.807) is 20.2 Å². The third kappa shape index (κ3) is 4.03. The lowest BCUT2D eigenvalue weighted by atomic mass is 9.91. The van der Waals surface area contributed by atoms with Gasteiger partial charge in [-0.05, 0) is 40.6 Å². The first kappa shape index (κ1) is 19.1. The molecule has 4 nitrogen and oxygen atoms in total. The molecule has 0 unspecified atom stereocenters. The number of benzene rings is 2. The number of aromatic nitrogens is 1. The summed E-state index contributed by atoms with van der Waals surface area (Å²) < 4.78 is 8.06. The van der Waals surface area contributed by atoms with Gasteiger partial charge in [-0.1, -0.05) is 39.0 Å². The van der Waals surface area contributed by atoms with E-state index in [1.807, 2.05) is 63.2 Å². The summed E-state index contributed by atoms with van der Waals surface area (Å²) in [5.74, 6) is 0.820. The number of hydrogen-bond donors (Lipinski definition) is 0. The average molecular weight is 381 g/mol. The van der Waals surface area contributed by atoms with E-state index in [4.69, 9.17) is 4.74 Å². The lowest BCUT2D eigenvalue weighted by Gasteiger charge is -2.12. The third-order valence-electron chi connectivity index (χ3n) is 4.42. The molecule has 0 N–H and O–H groups in total. The summed E-state index contributed by atoms with van der Waals surface area (Å²) in [6, 6.07) is 11.9. The van der Waals surface area contributed by atoms with Gasteiger partial charge in [-0.3, -0.25) is 9.59 Å². The van der Waals surface area contributed by atoms with Crippen molar-refractivity contribution >= 4 is 40.0 Å². The molecule has 3 aromatic rings. The highest BCUT2D eigenvalue weighted by Gasteiger charge is 2.19. The van der Waals surface area contributed by atoms with E-state index in [9.17, 15) is 9.59 Å². The van der Waals surface area contributed by atoms with Crippen LogP contribution in [0.1, 0.15) is 26.3 Å². The van der Waals surface area contributed by atoms with E-state index in [2.05, 4.69) is 0 Å². The molecular weight excluding hydrogens is 358 g/mol.